The maximum Gasteiger partial charge on any atom is 0.180 e. The predicted molar refractivity (Wildman–Crippen MR) is 166 cm³/mol. The van der Waals surface area contributed by atoms with E-state index in [1.165, 1.54) is 20.2 Å². The summed E-state index contributed by atoms with van der Waals surface area (Å²) in [4.78, 5) is 15.5. The van der Waals surface area contributed by atoms with Crippen molar-refractivity contribution in [3.63, 3.8) is 0 Å². The molecule has 0 N–H and O–H groups in total. The molecule has 0 bridgehead atoms. The number of rotatable bonds is 2. The lowest BCUT2D eigenvalue weighted by Gasteiger charge is -2.11. The molecule has 5 heteroatoms. The van der Waals surface area contributed by atoms with Gasteiger partial charge in [-0.3, -0.25) is 0 Å². The van der Waals surface area contributed by atoms with Crippen LogP contribution in [0, 0.1) is 0 Å². The smallest absolute Gasteiger partial charge is 0.180 e. The molecule has 0 saturated heterocycles. The molecule has 40 heavy (non-hydrogen) atoms. The van der Waals surface area contributed by atoms with Crippen molar-refractivity contribution in [1.29, 1.82) is 0 Å². The van der Waals surface area contributed by atoms with E-state index < -0.39 is 0 Å². The monoisotopic (exact) mass is 529 g/mol. The molecule has 0 fully saturated rings. The molecule has 0 spiro atoms. The quantitative estimate of drug-likeness (QED) is 0.209. The zero-order valence-corrected chi connectivity index (χ0v) is 21.9. The van der Waals surface area contributed by atoms with Crippen molar-refractivity contribution >= 4 is 75.3 Å². The van der Waals surface area contributed by atoms with Gasteiger partial charge in [0.25, 0.3) is 0 Å². The van der Waals surface area contributed by atoms with Gasteiger partial charge in [0.15, 0.2) is 11.4 Å². The Bertz CT molecular complexity index is 2440. The van der Waals surface area contributed by atoms with Crippen LogP contribution < -0.4 is 0 Å². The number of furan rings is 1. The fraction of sp³-hybridized carbons (Fsp3) is 0. The zero-order chi connectivity index (χ0) is 26.2. The summed E-state index contributed by atoms with van der Waals surface area (Å²) in [6.07, 6.45) is 0. The average Bonchev–Trinajstić information content (AvgIpc) is 3.57. The highest BCUT2D eigenvalue weighted by molar-refractivity contribution is 7.25. The van der Waals surface area contributed by atoms with Crippen molar-refractivity contribution in [3.05, 3.63) is 115 Å². The first-order valence-corrected chi connectivity index (χ1v) is 14.0. The molecular formula is C35H19N3OS. The maximum absolute atomic E-state index is 6.34. The Labute approximate surface area is 232 Å². The molecule has 9 rings (SSSR count). The molecule has 0 unspecified atom stereocenters. The molecule has 4 heterocycles. The van der Waals surface area contributed by atoms with Gasteiger partial charge in [0.05, 0.1) is 5.52 Å². The fourth-order valence-corrected chi connectivity index (χ4v) is 6.96. The van der Waals surface area contributed by atoms with Crippen molar-refractivity contribution in [2.24, 2.45) is 0 Å². The summed E-state index contributed by atoms with van der Waals surface area (Å²) in [5, 5.41) is 6.77. The molecule has 0 amide bonds. The summed E-state index contributed by atoms with van der Waals surface area (Å²) in [7, 11) is 0. The van der Waals surface area contributed by atoms with E-state index in [9.17, 15) is 0 Å². The van der Waals surface area contributed by atoms with Crippen LogP contribution in [-0.4, -0.2) is 15.0 Å². The van der Waals surface area contributed by atoms with Crippen LogP contribution in [0.15, 0.2) is 120 Å². The summed E-state index contributed by atoms with van der Waals surface area (Å²) in [5.74, 6) is 0.590. The topological polar surface area (TPSA) is 51.8 Å². The number of pyridine rings is 1. The Morgan fingerprint density at radius 3 is 2.15 bits per heavy atom. The minimum Gasteiger partial charge on any atom is -0.452 e. The molecule has 4 nitrogen and oxygen atoms in total. The van der Waals surface area contributed by atoms with E-state index >= 15 is 0 Å². The number of benzene rings is 5. The molecule has 0 aliphatic carbocycles. The third-order valence-corrected chi connectivity index (χ3v) is 8.81. The summed E-state index contributed by atoms with van der Waals surface area (Å²) in [6, 6.07) is 39.7. The lowest BCUT2D eigenvalue weighted by Crippen LogP contribution is -1.97. The van der Waals surface area contributed by atoms with Crippen LogP contribution in [0.4, 0.5) is 0 Å². The first-order valence-electron chi connectivity index (χ1n) is 13.2. The van der Waals surface area contributed by atoms with Gasteiger partial charge in [-0.25, -0.2) is 15.0 Å². The van der Waals surface area contributed by atoms with Crippen LogP contribution in [-0.2, 0) is 0 Å². The van der Waals surface area contributed by atoms with Crippen LogP contribution in [0.1, 0.15) is 0 Å². The van der Waals surface area contributed by atoms with Crippen molar-refractivity contribution < 1.29 is 4.42 Å². The van der Waals surface area contributed by atoms with Gasteiger partial charge in [-0.1, -0.05) is 78.9 Å². The van der Waals surface area contributed by atoms with Crippen LogP contribution in [0.2, 0.25) is 0 Å². The first-order chi connectivity index (χ1) is 19.8. The third kappa shape index (κ3) is 3.09. The molecule has 0 atom stereocenters. The van der Waals surface area contributed by atoms with E-state index in [1.807, 2.05) is 53.8 Å². The van der Waals surface area contributed by atoms with Gasteiger partial charge in [-0.05, 0) is 41.8 Å². The van der Waals surface area contributed by atoms with Gasteiger partial charge in [-0.2, -0.15) is 0 Å². The molecule has 186 valence electrons. The first kappa shape index (κ1) is 21.8. The Morgan fingerprint density at radius 2 is 1.25 bits per heavy atom. The van der Waals surface area contributed by atoms with E-state index in [2.05, 4.69) is 72.8 Å². The van der Waals surface area contributed by atoms with Crippen LogP contribution >= 0.6 is 11.3 Å². The summed E-state index contributed by atoms with van der Waals surface area (Å²) in [5.41, 5.74) is 5.72. The Hall–Kier alpha value is -5.13. The molecule has 0 radical (unpaired) electrons. The second kappa shape index (κ2) is 8.18. The van der Waals surface area contributed by atoms with Crippen LogP contribution in [0.25, 0.3) is 86.7 Å². The highest BCUT2D eigenvalue weighted by Crippen LogP contribution is 2.41. The largest absolute Gasteiger partial charge is 0.452 e. The lowest BCUT2D eigenvalue weighted by molar-refractivity contribution is 0.667. The van der Waals surface area contributed by atoms with Crippen molar-refractivity contribution in [1.82, 2.24) is 15.0 Å². The zero-order valence-electron chi connectivity index (χ0n) is 21.1. The molecule has 0 saturated carbocycles. The maximum atomic E-state index is 6.34. The minimum atomic E-state index is 0.590. The number of nitrogens with zero attached hydrogens (tertiary/aromatic N) is 3. The molecule has 9 aromatic rings. The Morgan fingerprint density at radius 1 is 0.500 bits per heavy atom. The van der Waals surface area contributed by atoms with Gasteiger partial charge in [0.2, 0.25) is 0 Å². The van der Waals surface area contributed by atoms with Gasteiger partial charge >= 0.3 is 0 Å². The number of thiophene rings is 1. The van der Waals surface area contributed by atoms with Crippen molar-refractivity contribution in [3.8, 4) is 22.8 Å². The summed E-state index contributed by atoms with van der Waals surface area (Å²) in [6.45, 7) is 0. The van der Waals surface area contributed by atoms with Crippen LogP contribution in [0.3, 0.4) is 0 Å². The minimum absolute atomic E-state index is 0.590. The van der Waals surface area contributed by atoms with Gasteiger partial charge in [0, 0.05) is 41.9 Å². The second-order valence-corrected chi connectivity index (χ2v) is 11.1. The second-order valence-electron chi connectivity index (χ2n) is 10.0. The summed E-state index contributed by atoms with van der Waals surface area (Å²) < 4.78 is 8.88. The Kier molecular flexibility index (Phi) is 4.45. The SMILES string of the molecule is c1ccc(-c2nc(-c3nc4ccccc4c4cc5sc6ccccc6c5cc34)nc3c2oc2ccccc23)cc1. The Balaban J connectivity index is 1.45. The van der Waals surface area contributed by atoms with Crippen molar-refractivity contribution in [2.75, 3.05) is 0 Å². The number of fused-ring (bicyclic) bond motifs is 9. The van der Waals surface area contributed by atoms with E-state index in [0.717, 1.165) is 55.1 Å². The number of hydrogen-bond donors (Lipinski definition) is 0. The standard InChI is InChI=1S/C35H19N3OS/c1-2-10-20(11-3-1)31-34-32(23-14-5-8-16-28(23)39-34)38-35(37-31)33-26-18-25-22-13-6-9-17-29(22)40-30(25)19-24(26)21-12-4-7-15-27(21)36-33/h1-19H. The molecule has 5 aromatic carbocycles. The van der Waals surface area contributed by atoms with E-state index in [4.69, 9.17) is 19.4 Å². The van der Waals surface area contributed by atoms with E-state index in [1.54, 1.807) is 0 Å². The van der Waals surface area contributed by atoms with E-state index in [-0.39, 0.29) is 0 Å². The van der Waals surface area contributed by atoms with Crippen LogP contribution in [0.5, 0.6) is 0 Å². The molecule has 4 aromatic heterocycles. The number of para-hydroxylation sites is 2. The lowest BCUT2D eigenvalue weighted by atomic mass is 10.0. The number of hydrogen-bond acceptors (Lipinski definition) is 5. The van der Waals surface area contributed by atoms with Gasteiger partial charge in [0.1, 0.15) is 22.5 Å². The summed E-state index contributed by atoms with van der Waals surface area (Å²) >= 11 is 1.83. The van der Waals surface area contributed by atoms with Gasteiger partial charge < -0.3 is 4.42 Å². The fourth-order valence-electron chi connectivity index (χ4n) is 5.83. The molecular weight excluding hydrogens is 510 g/mol. The van der Waals surface area contributed by atoms with Gasteiger partial charge in [-0.15, -0.1) is 11.3 Å². The third-order valence-electron chi connectivity index (χ3n) is 7.68. The highest BCUT2D eigenvalue weighted by Gasteiger charge is 2.21. The van der Waals surface area contributed by atoms with E-state index in [0.29, 0.717) is 11.4 Å². The highest BCUT2D eigenvalue weighted by atomic mass is 32.1. The predicted octanol–water partition coefficient (Wildman–Crippen LogP) is 9.78. The average molecular weight is 530 g/mol. The normalized spacial score (nSPS) is 12.0. The molecule has 0 aliphatic rings. The number of aromatic nitrogens is 3. The van der Waals surface area contributed by atoms with Crippen molar-refractivity contribution in [2.45, 2.75) is 0 Å². The molecule has 0 aliphatic heterocycles.